The van der Waals surface area contributed by atoms with Gasteiger partial charge in [0, 0.05) is 24.7 Å². The first kappa shape index (κ1) is 20.3. The molecule has 1 rings (SSSR count). The molecule has 0 N–H and O–H groups in total. The van der Waals surface area contributed by atoms with Crippen LogP contribution >= 0.6 is 11.6 Å². The Kier molecular flexibility index (Phi) is 9.19. The average Bonchev–Trinajstić information content (AvgIpc) is 2.54. The SMILES string of the molecule is CCOC(=O)CCN(CCN(C)C)C(=O)COc1ccc(Cl)cc1. The van der Waals surface area contributed by atoms with E-state index in [0.717, 1.165) is 0 Å². The molecule has 0 bridgehead atoms. The number of hydrogen-bond donors (Lipinski definition) is 0. The first-order chi connectivity index (χ1) is 11.4. The van der Waals surface area contributed by atoms with Crippen LogP contribution in [0.15, 0.2) is 24.3 Å². The first-order valence-corrected chi connectivity index (χ1v) is 8.26. The van der Waals surface area contributed by atoms with Crippen LogP contribution in [-0.4, -0.2) is 68.6 Å². The Bertz CT molecular complexity index is 520. The number of likely N-dealkylation sites (N-methyl/N-ethyl adjacent to an activating group) is 1. The van der Waals surface area contributed by atoms with Crippen molar-refractivity contribution in [1.29, 1.82) is 0 Å². The van der Waals surface area contributed by atoms with Gasteiger partial charge in [-0.3, -0.25) is 9.59 Å². The topological polar surface area (TPSA) is 59.1 Å². The summed E-state index contributed by atoms with van der Waals surface area (Å²) < 4.78 is 10.4. The van der Waals surface area contributed by atoms with Crippen LogP contribution in [0.25, 0.3) is 0 Å². The molecule has 24 heavy (non-hydrogen) atoms. The van der Waals surface area contributed by atoms with E-state index >= 15 is 0 Å². The second kappa shape index (κ2) is 10.9. The number of benzene rings is 1. The fourth-order valence-corrected chi connectivity index (χ4v) is 2.03. The van der Waals surface area contributed by atoms with Gasteiger partial charge in [0.05, 0.1) is 13.0 Å². The van der Waals surface area contributed by atoms with Crippen LogP contribution in [-0.2, 0) is 14.3 Å². The molecule has 0 fully saturated rings. The first-order valence-electron chi connectivity index (χ1n) is 7.89. The second-order valence-electron chi connectivity index (χ2n) is 5.48. The van der Waals surface area contributed by atoms with Crippen molar-refractivity contribution in [2.75, 3.05) is 46.9 Å². The number of halogens is 1. The molecule has 0 aliphatic carbocycles. The lowest BCUT2D eigenvalue weighted by molar-refractivity contribution is -0.144. The minimum atomic E-state index is -0.307. The number of ether oxygens (including phenoxy) is 2. The van der Waals surface area contributed by atoms with Crippen LogP contribution in [0.3, 0.4) is 0 Å². The number of hydrogen-bond acceptors (Lipinski definition) is 5. The average molecular weight is 357 g/mol. The van der Waals surface area contributed by atoms with Gasteiger partial charge >= 0.3 is 5.97 Å². The molecule has 6 nitrogen and oxygen atoms in total. The molecule has 0 heterocycles. The van der Waals surface area contributed by atoms with Crippen molar-refractivity contribution in [2.45, 2.75) is 13.3 Å². The Labute approximate surface area is 148 Å². The highest BCUT2D eigenvalue weighted by Crippen LogP contribution is 2.15. The minimum Gasteiger partial charge on any atom is -0.484 e. The van der Waals surface area contributed by atoms with Crippen molar-refractivity contribution in [1.82, 2.24) is 9.80 Å². The van der Waals surface area contributed by atoms with Gasteiger partial charge in [0.15, 0.2) is 6.61 Å². The van der Waals surface area contributed by atoms with E-state index in [2.05, 4.69) is 0 Å². The number of esters is 1. The summed E-state index contributed by atoms with van der Waals surface area (Å²) in [5.74, 6) is 0.0978. The molecule has 0 unspecified atom stereocenters. The molecule has 0 aromatic heterocycles. The Morgan fingerprint density at radius 1 is 1.08 bits per heavy atom. The van der Waals surface area contributed by atoms with Crippen molar-refractivity contribution in [2.24, 2.45) is 0 Å². The quantitative estimate of drug-likeness (QED) is 0.601. The van der Waals surface area contributed by atoms with Crippen molar-refractivity contribution in [3.05, 3.63) is 29.3 Å². The zero-order chi connectivity index (χ0) is 17.9. The lowest BCUT2D eigenvalue weighted by atomic mass is 10.3. The Hall–Kier alpha value is -1.79. The Balaban J connectivity index is 2.54. The van der Waals surface area contributed by atoms with E-state index in [-0.39, 0.29) is 24.9 Å². The number of rotatable bonds is 10. The molecule has 0 saturated heterocycles. The van der Waals surface area contributed by atoms with Crippen LogP contribution in [0.1, 0.15) is 13.3 Å². The van der Waals surface area contributed by atoms with E-state index in [1.165, 1.54) is 0 Å². The maximum atomic E-state index is 12.4. The molecule has 0 radical (unpaired) electrons. The fourth-order valence-electron chi connectivity index (χ4n) is 1.91. The molecular weight excluding hydrogens is 332 g/mol. The van der Waals surface area contributed by atoms with E-state index in [9.17, 15) is 9.59 Å². The summed E-state index contributed by atoms with van der Waals surface area (Å²) in [6, 6.07) is 6.81. The van der Waals surface area contributed by atoms with E-state index in [0.29, 0.717) is 37.0 Å². The summed E-state index contributed by atoms with van der Waals surface area (Å²) in [5, 5.41) is 0.607. The van der Waals surface area contributed by atoms with Gasteiger partial charge in [-0.05, 0) is 45.3 Å². The smallest absolute Gasteiger partial charge is 0.307 e. The molecular formula is C17H25ClN2O4. The van der Waals surface area contributed by atoms with Gasteiger partial charge < -0.3 is 19.3 Å². The zero-order valence-corrected chi connectivity index (χ0v) is 15.2. The van der Waals surface area contributed by atoms with Gasteiger partial charge in [-0.1, -0.05) is 11.6 Å². The Morgan fingerprint density at radius 2 is 1.75 bits per heavy atom. The monoisotopic (exact) mass is 356 g/mol. The summed E-state index contributed by atoms with van der Waals surface area (Å²) in [7, 11) is 3.86. The van der Waals surface area contributed by atoms with Gasteiger partial charge in [-0.2, -0.15) is 0 Å². The van der Waals surface area contributed by atoms with Gasteiger partial charge in [0.2, 0.25) is 0 Å². The number of amides is 1. The molecule has 0 saturated carbocycles. The third kappa shape index (κ3) is 8.17. The van der Waals surface area contributed by atoms with Crippen LogP contribution < -0.4 is 4.74 Å². The lowest BCUT2D eigenvalue weighted by Gasteiger charge is -2.24. The summed E-state index contributed by atoms with van der Waals surface area (Å²) in [5.41, 5.74) is 0. The van der Waals surface area contributed by atoms with Crippen LogP contribution in [0.2, 0.25) is 5.02 Å². The largest absolute Gasteiger partial charge is 0.484 e. The predicted octanol–water partition coefficient (Wildman–Crippen LogP) is 2.06. The maximum absolute atomic E-state index is 12.4. The summed E-state index contributed by atoms with van der Waals surface area (Å²) >= 11 is 5.81. The molecule has 0 atom stereocenters. The van der Waals surface area contributed by atoms with E-state index in [4.69, 9.17) is 21.1 Å². The molecule has 7 heteroatoms. The number of nitrogens with zero attached hydrogens (tertiary/aromatic N) is 2. The Morgan fingerprint density at radius 3 is 2.33 bits per heavy atom. The van der Waals surface area contributed by atoms with Crippen molar-refractivity contribution >= 4 is 23.5 Å². The zero-order valence-electron chi connectivity index (χ0n) is 14.5. The van der Waals surface area contributed by atoms with Crippen molar-refractivity contribution in [3.63, 3.8) is 0 Å². The van der Waals surface area contributed by atoms with Gasteiger partial charge in [-0.25, -0.2) is 0 Å². The van der Waals surface area contributed by atoms with Gasteiger partial charge in [0.25, 0.3) is 5.91 Å². The minimum absolute atomic E-state index is 0.0854. The molecule has 1 amide bonds. The van der Waals surface area contributed by atoms with Crippen molar-refractivity contribution < 1.29 is 19.1 Å². The lowest BCUT2D eigenvalue weighted by Crippen LogP contribution is -2.40. The highest BCUT2D eigenvalue weighted by atomic mass is 35.5. The van der Waals surface area contributed by atoms with E-state index in [1.807, 2.05) is 19.0 Å². The van der Waals surface area contributed by atoms with E-state index < -0.39 is 0 Å². The highest BCUT2D eigenvalue weighted by Gasteiger charge is 2.16. The molecule has 1 aromatic carbocycles. The third-order valence-corrected chi connectivity index (χ3v) is 3.49. The number of carbonyl (C=O) groups is 2. The number of carbonyl (C=O) groups excluding carboxylic acids is 2. The maximum Gasteiger partial charge on any atom is 0.307 e. The normalized spacial score (nSPS) is 10.5. The molecule has 1 aromatic rings. The second-order valence-corrected chi connectivity index (χ2v) is 5.92. The summed E-state index contributed by atoms with van der Waals surface area (Å²) in [4.78, 5) is 27.5. The molecule has 134 valence electrons. The van der Waals surface area contributed by atoms with Gasteiger partial charge in [-0.15, -0.1) is 0 Å². The highest BCUT2D eigenvalue weighted by molar-refractivity contribution is 6.30. The summed E-state index contributed by atoms with van der Waals surface area (Å²) in [6.07, 6.45) is 0.175. The summed E-state index contributed by atoms with van der Waals surface area (Å²) in [6.45, 7) is 3.55. The van der Waals surface area contributed by atoms with Crippen molar-refractivity contribution in [3.8, 4) is 5.75 Å². The fraction of sp³-hybridized carbons (Fsp3) is 0.529. The van der Waals surface area contributed by atoms with Crippen LogP contribution in [0.5, 0.6) is 5.75 Å². The molecule has 0 spiro atoms. The van der Waals surface area contributed by atoms with Gasteiger partial charge in [0.1, 0.15) is 5.75 Å². The molecule has 0 aliphatic rings. The van der Waals surface area contributed by atoms with Crippen LogP contribution in [0, 0.1) is 0 Å². The van der Waals surface area contributed by atoms with Crippen LogP contribution in [0.4, 0.5) is 0 Å². The third-order valence-electron chi connectivity index (χ3n) is 3.24. The van der Waals surface area contributed by atoms with E-state index in [1.54, 1.807) is 36.1 Å². The molecule has 0 aliphatic heterocycles. The predicted molar refractivity (Wildman–Crippen MR) is 93.3 cm³/mol. The standard InChI is InChI=1S/C17H25ClN2O4/c1-4-23-17(22)9-10-20(12-11-19(2)3)16(21)13-24-15-7-5-14(18)6-8-15/h5-8H,4,9-13H2,1-3H3.